The van der Waals surface area contributed by atoms with Crippen LogP contribution in [0.3, 0.4) is 0 Å². The topological polar surface area (TPSA) is 153 Å². The van der Waals surface area contributed by atoms with Gasteiger partial charge in [0.25, 0.3) is 0 Å². The van der Waals surface area contributed by atoms with Gasteiger partial charge in [-0.1, -0.05) is 80.6 Å². The van der Waals surface area contributed by atoms with Crippen LogP contribution in [0.4, 0.5) is 5.82 Å². The molecule has 54 heavy (non-hydrogen) atoms. The van der Waals surface area contributed by atoms with Crippen LogP contribution in [-0.2, 0) is 19.9 Å². The number of nitrogens with two attached hydrogens (primary N) is 1. The Labute approximate surface area is 313 Å². The predicted molar refractivity (Wildman–Crippen MR) is 202 cm³/mol. The Morgan fingerprint density at radius 3 is 1.96 bits per heavy atom. The van der Waals surface area contributed by atoms with Gasteiger partial charge >= 0.3 is 5.79 Å². The van der Waals surface area contributed by atoms with Crippen molar-refractivity contribution in [2.24, 2.45) is 0 Å². The van der Waals surface area contributed by atoms with E-state index in [0.717, 1.165) is 5.56 Å². The minimum absolute atomic E-state index is 0.0531. The van der Waals surface area contributed by atoms with Crippen LogP contribution in [0.25, 0.3) is 11.2 Å². The number of methoxy groups -OCH3 is 2. The fraction of sp³-hybridized carbons (Fsp3) is 0.286. The summed E-state index contributed by atoms with van der Waals surface area (Å²) in [6, 6.07) is 31.9. The summed E-state index contributed by atoms with van der Waals surface area (Å²) in [7, 11) is 3.19. The van der Waals surface area contributed by atoms with Crippen molar-refractivity contribution in [3.63, 3.8) is 0 Å². The van der Waals surface area contributed by atoms with Crippen molar-refractivity contribution >= 4 is 22.8 Å². The second kappa shape index (κ2) is 14.9. The van der Waals surface area contributed by atoms with E-state index in [4.69, 9.17) is 29.4 Å². The standard InChI is InChI=1S/C42H43N5O7/c1-26(2)28-11-17-34(18-12-28)53-42(27(3)48,38-35(49)23-36(52-38)47-25-46-37-39(43)44-24-45-40(37)47)54-41(29-9-7-6-8-10-29,30-13-19-32(50-4)20-14-30)31-15-21-33(51-5)22-16-31/h6-22,24-26,35-36,38,49H,23H2,1-5H3,(H2,43,44,45)/t35-,36+,38-,42?/m0/s1. The van der Waals surface area contributed by atoms with Gasteiger partial charge in [-0.15, -0.1) is 0 Å². The normalized spacial score (nSPS) is 18.4. The molecule has 6 aromatic rings. The molecule has 0 spiro atoms. The molecule has 7 rings (SSSR count). The van der Waals surface area contributed by atoms with E-state index in [1.165, 1.54) is 19.6 Å². The molecule has 2 aromatic heterocycles. The molecule has 278 valence electrons. The quantitative estimate of drug-likeness (QED) is 0.0981. The molecule has 0 aliphatic carbocycles. The third kappa shape index (κ3) is 6.53. The highest BCUT2D eigenvalue weighted by atomic mass is 16.7. The van der Waals surface area contributed by atoms with Crippen molar-refractivity contribution in [3.05, 3.63) is 138 Å². The highest BCUT2D eigenvalue weighted by Crippen LogP contribution is 2.49. The number of rotatable bonds is 13. The number of fused-ring (bicyclic) bond motifs is 1. The smallest absolute Gasteiger partial charge is 0.300 e. The Bertz CT molecular complexity index is 2160. The van der Waals surface area contributed by atoms with Crippen LogP contribution in [0.1, 0.15) is 61.6 Å². The summed E-state index contributed by atoms with van der Waals surface area (Å²) in [6.45, 7) is 5.57. The minimum Gasteiger partial charge on any atom is -0.497 e. The van der Waals surface area contributed by atoms with Gasteiger partial charge in [-0.05, 0) is 64.6 Å². The Morgan fingerprint density at radius 2 is 1.41 bits per heavy atom. The molecule has 1 saturated heterocycles. The second-order valence-electron chi connectivity index (χ2n) is 13.6. The van der Waals surface area contributed by atoms with Crippen LogP contribution in [0, 0.1) is 0 Å². The van der Waals surface area contributed by atoms with Gasteiger partial charge in [0, 0.05) is 13.3 Å². The fourth-order valence-corrected chi connectivity index (χ4v) is 7.05. The highest BCUT2D eigenvalue weighted by molar-refractivity contribution is 5.85. The third-order valence-electron chi connectivity index (χ3n) is 9.95. The molecule has 1 aliphatic rings. The van der Waals surface area contributed by atoms with E-state index >= 15 is 0 Å². The number of hydrogen-bond donors (Lipinski definition) is 2. The van der Waals surface area contributed by atoms with Gasteiger partial charge in [-0.25, -0.2) is 15.0 Å². The number of benzene rings is 4. The number of hydrogen-bond acceptors (Lipinski definition) is 11. The molecule has 0 amide bonds. The molecular formula is C42H43N5O7. The number of anilines is 1. The number of carbonyl (C=O) groups excluding carboxylic acids is 1. The van der Waals surface area contributed by atoms with Gasteiger partial charge in [0.2, 0.25) is 5.78 Å². The first-order valence-electron chi connectivity index (χ1n) is 17.7. The molecule has 4 aromatic carbocycles. The monoisotopic (exact) mass is 729 g/mol. The van der Waals surface area contributed by atoms with Crippen molar-refractivity contribution < 1.29 is 33.6 Å². The van der Waals surface area contributed by atoms with E-state index in [1.54, 1.807) is 30.9 Å². The summed E-state index contributed by atoms with van der Waals surface area (Å²) >= 11 is 0. The Kier molecular flexibility index (Phi) is 10.1. The van der Waals surface area contributed by atoms with Crippen molar-refractivity contribution in [3.8, 4) is 17.2 Å². The lowest BCUT2D eigenvalue weighted by Crippen LogP contribution is -2.62. The van der Waals surface area contributed by atoms with E-state index < -0.39 is 35.6 Å². The first-order chi connectivity index (χ1) is 26.1. The fourth-order valence-electron chi connectivity index (χ4n) is 7.05. The maximum atomic E-state index is 14.7. The number of nitrogen functional groups attached to an aromatic ring is 1. The molecule has 1 fully saturated rings. The maximum Gasteiger partial charge on any atom is 0.300 e. The number of ketones is 1. The van der Waals surface area contributed by atoms with Gasteiger partial charge in [-0.3, -0.25) is 9.36 Å². The molecule has 0 radical (unpaired) electrons. The van der Waals surface area contributed by atoms with Crippen LogP contribution in [0.2, 0.25) is 0 Å². The predicted octanol–water partition coefficient (Wildman–Crippen LogP) is 6.57. The van der Waals surface area contributed by atoms with E-state index in [0.29, 0.717) is 45.1 Å². The molecule has 1 unspecified atom stereocenters. The SMILES string of the molecule is COc1ccc(C(OC(Oc2ccc(C(C)C)cc2)(C(C)=O)[C@H]2O[C@@H](n3cnc4c(N)ncnc43)C[C@@H]2O)(c2ccccc2)c2ccc(OC)cc2)cc1. The number of aliphatic hydroxyl groups excluding tert-OH is 1. The molecule has 3 N–H and O–H groups in total. The van der Waals surface area contributed by atoms with Gasteiger partial charge in [0.1, 0.15) is 40.9 Å². The maximum absolute atomic E-state index is 14.7. The number of ether oxygens (including phenoxy) is 5. The Morgan fingerprint density at radius 1 is 0.833 bits per heavy atom. The summed E-state index contributed by atoms with van der Waals surface area (Å²) in [4.78, 5) is 27.5. The van der Waals surface area contributed by atoms with Crippen LogP contribution < -0.4 is 19.9 Å². The lowest BCUT2D eigenvalue weighted by Gasteiger charge is -2.46. The number of nitrogens with zero attached hydrogens (tertiary/aromatic N) is 4. The first kappa shape index (κ1) is 36.5. The molecule has 0 saturated carbocycles. The van der Waals surface area contributed by atoms with Crippen LogP contribution >= 0.6 is 0 Å². The van der Waals surface area contributed by atoms with E-state index in [9.17, 15) is 9.90 Å². The zero-order valence-corrected chi connectivity index (χ0v) is 30.7. The largest absolute Gasteiger partial charge is 0.497 e. The summed E-state index contributed by atoms with van der Waals surface area (Å²) in [6.07, 6.45) is -0.528. The lowest BCUT2D eigenvalue weighted by atomic mass is 9.79. The summed E-state index contributed by atoms with van der Waals surface area (Å²) < 4.78 is 33.8. The number of imidazole rings is 1. The molecule has 12 nitrogen and oxygen atoms in total. The molecule has 12 heteroatoms. The highest BCUT2D eigenvalue weighted by Gasteiger charge is 2.60. The number of Topliss-reactive ketones (excluding diaryl/α,β-unsaturated/α-hetero) is 1. The first-order valence-corrected chi connectivity index (χ1v) is 17.7. The van der Waals surface area contributed by atoms with Crippen LogP contribution in [0.15, 0.2) is 116 Å². The van der Waals surface area contributed by atoms with Crippen molar-refractivity contribution in [1.29, 1.82) is 0 Å². The lowest BCUT2D eigenvalue weighted by molar-refractivity contribution is -0.276. The molecule has 0 bridgehead atoms. The van der Waals surface area contributed by atoms with Crippen molar-refractivity contribution in [2.45, 2.75) is 62.9 Å². The summed E-state index contributed by atoms with van der Waals surface area (Å²) in [5.41, 5.74) is 8.44. The Balaban J connectivity index is 1.46. The molecule has 1 aliphatic heterocycles. The Hall–Kier alpha value is -5.82. The van der Waals surface area contributed by atoms with E-state index in [-0.39, 0.29) is 18.2 Å². The van der Waals surface area contributed by atoms with Crippen LogP contribution in [-0.4, -0.2) is 62.6 Å². The number of aromatic nitrogens is 4. The second-order valence-corrected chi connectivity index (χ2v) is 13.6. The number of carbonyl (C=O) groups is 1. The van der Waals surface area contributed by atoms with Gasteiger partial charge in [-0.2, -0.15) is 0 Å². The van der Waals surface area contributed by atoms with Crippen molar-refractivity contribution in [1.82, 2.24) is 19.5 Å². The van der Waals surface area contributed by atoms with Gasteiger partial charge < -0.3 is 34.5 Å². The van der Waals surface area contributed by atoms with E-state index in [2.05, 4.69) is 28.8 Å². The zero-order chi connectivity index (χ0) is 38.0. The number of aliphatic hydroxyl groups is 1. The summed E-state index contributed by atoms with van der Waals surface area (Å²) in [5, 5.41) is 12.0. The molecule has 4 atom stereocenters. The van der Waals surface area contributed by atoms with Gasteiger partial charge in [0.05, 0.1) is 26.7 Å². The third-order valence-corrected chi connectivity index (χ3v) is 9.95. The zero-order valence-electron chi connectivity index (χ0n) is 30.7. The van der Waals surface area contributed by atoms with Crippen LogP contribution in [0.5, 0.6) is 17.2 Å². The molecule has 3 heterocycles. The minimum atomic E-state index is -2.26. The molecular weight excluding hydrogens is 686 g/mol. The average molecular weight is 730 g/mol. The van der Waals surface area contributed by atoms with E-state index in [1.807, 2.05) is 91.0 Å². The summed E-state index contributed by atoms with van der Waals surface area (Å²) in [5.74, 6) is -0.734. The van der Waals surface area contributed by atoms with Crippen molar-refractivity contribution in [2.75, 3.05) is 20.0 Å². The average Bonchev–Trinajstić information content (AvgIpc) is 3.81. The van der Waals surface area contributed by atoms with Gasteiger partial charge in [0.15, 0.2) is 17.6 Å².